The molecule has 14 N–H and O–H groups in total. The Hall–Kier alpha value is -0.640. The molecule has 0 aromatic carbocycles. The highest BCUT2D eigenvalue weighted by Crippen LogP contribution is 2.33. The first-order valence-corrected chi connectivity index (χ1v) is 13.6. The lowest BCUT2D eigenvalue weighted by atomic mass is 9.84. The minimum Gasteiger partial charge on any atom is -0.394 e. The maximum atomic E-state index is 11.1. The minimum absolute atomic E-state index is 0.111. The van der Waals surface area contributed by atoms with Crippen LogP contribution in [0.5, 0.6) is 0 Å². The van der Waals surface area contributed by atoms with Gasteiger partial charge in [0.15, 0.2) is 12.6 Å². The number of aliphatic hydroxyl groups is 5. The van der Waals surface area contributed by atoms with Crippen molar-refractivity contribution in [2.75, 3.05) is 52.5 Å². The van der Waals surface area contributed by atoms with Gasteiger partial charge in [0, 0.05) is 51.4 Å². The molecule has 0 spiro atoms. The number of hydrogen-bond acceptors (Lipinski definition) is 16. The summed E-state index contributed by atoms with van der Waals surface area (Å²) in [5.41, 5.74) is 24.1. The number of hydrogen-bond donors (Lipinski definition) is 10. The lowest BCUT2D eigenvalue weighted by molar-refractivity contribution is -0.280. The van der Waals surface area contributed by atoms with Crippen LogP contribution >= 0.6 is 0 Å². The molecule has 0 radical (unpaired) electrons. The van der Waals surface area contributed by atoms with E-state index in [0.717, 1.165) is 26.2 Å². The van der Waals surface area contributed by atoms with Gasteiger partial charge in [-0.3, -0.25) is 4.90 Å². The van der Waals surface area contributed by atoms with Crippen LogP contribution in [0.25, 0.3) is 0 Å². The van der Waals surface area contributed by atoms with Gasteiger partial charge in [-0.15, -0.1) is 0 Å². The Balaban J connectivity index is 1.41. The molecule has 16 heteroatoms. The van der Waals surface area contributed by atoms with Gasteiger partial charge in [0.25, 0.3) is 0 Å². The number of aliphatic hydroxyl groups excluding tert-OH is 5. The number of nitrogens with two attached hydrogens (primary N) is 4. The molecule has 14 atom stereocenters. The van der Waals surface area contributed by atoms with Crippen LogP contribution < -0.4 is 28.3 Å². The first-order valence-electron chi connectivity index (χ1n) is 13.6. The molecule has 1 aliphatic carbocycles. The lowest BCUT2D eigenvalue weighted by Crippen LogP contribution is -2.64. The van der Waals surface area contributed by atoms with Gasteiger partial charge in [0.2, 0.25) is 0 Å². The maximum Gasteiger partial charge on any atom is 0.187 e. The SMILES string of the molecule is NC[C@@H]1O[C@H](O[C@H]2[C@@H](O)[C@H](O[C@@H]3[C@@H](O)[C@H](N)C[C@H](N)[C@H]3OCCN3CCNCC3)O[C@@H]2CO)[C@H](N)[C@@H](O)[C@@H]1O. The summed E-state index contributed by atoms with van der Waals surface area (Å²) in [7, 11) is 0. The van der Waals surface area contributed by atoms with Crippen molar-refractivity contribution in [1.29, 1.82) is 0 Å². The van der Waals surface area contributed by atoms with Gasteiger partial charge in [0.1, 0.15) is 48.8 Å². The maximum absolute atomic E-state index is 11.1. The predicted molar refractivity (Wildman–Crippen MR) is 135 cm³/mol. The second kappa shape index (κ2) is 14.0. The van der Waals surface area contributed by atoms with Crippen LogP contribution in [0.15, 0.2) is 0 Å². The molecular weight excluding hydrogens is 520 g/mol. The van der Waals surface area contributed by atoms with Gasteiger partial charge >= 0.3 is 0 Å². The van der Waals surface area contributed by atoms with E-state index in [2.05, 4.69) is 10.2 Å². The van der Waals surface area contributed by atoms with Crippen LogP contribution in [0.4, 0.5) is 0 Å². The monoisotopic (exact) mass is 566 g/mol. The zero-order valence-electron chi connectivity index (χ0n) is 22.0. The molecule has 3 saturated heterocycles. The van der Waals surface area contributed by atoms with Gasteiger partial charge in [-0.1, -0.05) is 0 Å². The second-order valence-corrected chi connectivity index (χ2v) is 10.7. The van der Waals surface area contributed by atoms with Crippen LogP contribution in [0, 0.1) is 0 Å². The third-order valence-electron chi connectivity index (χ3n) is 8.03. The van der Waals surface area contributed by atoms with Crippen molar-refractivity contribution in [3.05, 3.63) is 0 Å². The van der Waals surface area contributed by atoms with Crippen LogP contribution in [0.2, 0.25) is 0 Å². The zero-order chi connectivity index (χ0) is 28.3. The minimum atomic E-state index is -1.46. The van der Waals surface area contributed by atoms with E-state index in [1.165, 1.54) is 0 Å². The smallest absolute Gasteiger partial charge is 0.187 e. The molecule has 1 saturated carbocycles. The Bertz CT molecular complexity index is 754. The molecular formula is C23H46N6O10. The van der Waals surface area contributed by atoms with Gasteiger partial charge in [-0.05, 0) is 6.42 Å². The highest BCUT2D eigenvalue weighted by atomic mass is 16.8. The third-order valence-corrected chi connectivity index (χ3v) is 8.03. The molecule has 16 nitrogen and oxygen atoms in total. The molecule has 4 fully saturated rings. The highest BCUT2D eigenvalue weighted by molar-refractivity contribution is 5.00. The Morgan fingerprint density at radius 1 is 0.795 bits per heavy atom. The van der Waals surface area contributed by atoms with Crippen LogP contribution in [-0.2, 0) is 23.7 Å². The van der Waals surface area contributed by atoms with Gasteiger partial charge in [-0.25, -0.2) is 0 Å². The first kappa shape index (κ1) is 31.3. The van der Waals surface area contributed by atoms with E-state index >= 15 is 0 Å². The molecule has 0 bridgehead atoms. The van der Waals surface area contributed by atoms with Crippen LogP contribution in [0.1, 0.15) is 6.42 Å². The lowest BCUT2D eigenvalue weighted by Gasteiger charge is -2.43. The van der Waals surface area contributed by atoms with E-state index < -0.39 is 92.2 Å². The Kier molecular flexibility index (Phi) is 11.2. The van der Waals surface area contributed by atoms with Crippen molar-refractivity contribution in [3.8, 4) is 0 Å². The summed E-state index contributed by atoms with van der Waals surface area (Å²) >= 11 is 0. The molecule has 3 heterocycles. The van der Waals surface area contributed by atoms with E-state index in [1.807, 2.05) is 0 Å². The van der Waals surface area contributed by atoms with Crippen LogP contribution in [0.3, 0.4) is 0 Å². The number of rotatable bonds is 10. The molecule has 4 aliphatic rings. The molecule has 228 valence electrons. The van der Waals surface area contributed by atoms with Crippen molar-refractivity contribution in [1.82, 2.24) is 10.2 Å². The topological polar surface area (TPSA) is 267 Å². The van der Waals surface area contributed by atoms with Crippen molar-refractivity contribution in [2.45, 2.75) is 92.1 Å². The fourth-order valence-corrected chi connectivity index (χ4v) is 5.61. The average molecular weight is 567 g/mol. The highest BCUT2D eigenvalue weighted by Gasteiger charge is 2.53. The van der Waals surface area contributed by atoms with Gasteiger partial charge in [0.05, 0.1) is 25.4 Å². The Labute approximate surface area is 227 Å². The summed E-state index contributed by atoms with van der Waals surface area (Å²) in [4.78, 5) is 2.25. The Morgan fingerprint density at radius 3 is 2.13 bits per heavy atom. The summed E-state index contributed by atoms with van der Waals surface area (Å²) in [5, 5.41) is 55.6. The molecule has 3 aliphatic heterocycles. The number of nitrogens with zero attached hydrogens (tertiary/aromatic N) is 1. The van der Waals surface area contributed by atoms with E-state index in [0.29, 0.717) is 19.6 Å². The first-order chi connectivity index (χ1) is 18.7. The number of piperazine rings is 1. The quantitative estimate of drug-likeness (QED) is 0.118. The van der Waals surface area contributed by atoms with E-state index in [-0.39, 0.29) is 6.54 Å². The summed E-state index contributed by atoms with van der Waals surface area (Å²) in [6, 6.07) is -2.39. The second-order valence-electron chi connectivity index (χ2n) is 10.7. The van der Waals surface area contributed by atoms with Gasteiger partial charge in [-0.2, -0.15) is 0 Å². The standard InChI is InChI=1S/C23H46N6O10/c24-8-12-16(32)17(33)14(27)22(36-12)38-20-13(9-30)37-23(18(20)34)39-21-15(31)10(25)7-11(26)19(21)35-6-5-29-3-1-28-2-4-29/h10-23,28,30-34H,1-9,24-27H2/t10-,11+,12+,13-,14-,15+,16-,17-,18-,19-,20-,21-,22-,23+/m1/s1. The molecule has 4 rings (SSSR count). The molecule has 39 heavy (non-hydrogen) atoms. The number of ether oxygens (including phenoxy) is 5. The van der Waals surface area contributed by atoms with E-state index in [4.69, 9.17) is 46.6 Å². The molecule has 0 aromatic rings. The normalized spacial score (nSPS) is 47.9. The fraction of sp³-hybridized carbons (Fsp3) is 1.00. The third kappa shape index (κ3) is 7.06. The summed E-state index contributed by atoms with van der Waals surface area (Å²) in [6.45, 7) is 3.97. The molecule has 0 aromatic heterocycles. The number of nitrogens with one attached hydrogen (secondary N) is 1. The predicted octanol–water partition coefficient (Wildman–Crippen LogP) is -6.72. The fourth-order valence-electron chi connectivity index (χ4n) is 5.61. The van der Waals surface area contributed by atoms with Crippen molar-refractivity contribution >= 4 is 0 Å². The van der Waals surface area contributed by atoms with E-state index in [1.54, 1.807) is 0 Å². The zero-order valence-corrected chi connectivity index (χ0v) is 22.0. The summed E-state index contributed by atoms with van der Waals surface area (Å²) < 4.78 is 29.3. The average Bonchev–Trinajstić information content (AvgIpc) is 3.23. The molecule has 0 unspecified atom stereocenters. The van der Waals surface area contributed by atoms with Crippen molar-refractivity contribution < 1.29 is 49.2 Å². The molecule has 0 amide bonds. The Morgan fingerprint density at radius 2 is 1.46 bits per heavy atom. The van der Waals surface area contributed by atoms with Crippen LogP contribution in [-0.4, -0.2) is 169 Å². The van der Waals surface area contributed by atoms with E-state index in [9.17, 15) is 25.5 Å². The van der Waals surface area contributed by atoms with Gasteiger partial charge < -0.3 is 77.5 Å². The largest absolute Gasteiger partial charge is 0.394 e. The summed E-state index contributed by atoms with van der Waals surface area (Å²) in [6.07, 6.45) is -12.6. The summed E-state index contributed by atoms with van der Waals surface area (Å²) in [5.74, 6) is 0. The van der Waals surface area contributed by atoms with Crippen molar-refractivity contribution in [3.63, 3.8) is 0 Å². The van der Waals surface area contributed by atoms with Crippen molar-refractivity contribution in [2.24, 2.45) is 22.9 Å².